The molecular weight excluding hydrogens is 330 g/mol. The Balaban J connectivity index is 1.29. The molecule has 0 spiro atoms. The summed E-state index contributed by atoms with van der Waals surface area (Å²) in [5.41, 5.74) is 0.739. The van der Waals surface area contributed by atoms with Gasteiger partial charge in [-0.15, -0.1) is 0 Å². The van der Waals surface area contributed by atoms with Gasteiger partial charge in [-0.3, -0.25) is 9.48 Å². The molecule has 1 saturated carbocycles. The molecule has 1 atom stereocenters. The van der Waals surface area contributed by atoms with Crippen molar-refractivity contribution in [3.05, 3.63) is 36.7 Å². The molecule has 138 valence electrons. The lowest BCUT2D eigenvalue weighted by atomic mass is 9.87. The molecule has 1 aliphatic carbocycles. The van der Waals surface area contributed by atoms with Crippen LogP contribution in [0, 0.1) is 5.92 Å². The minimum Gasteiger partial charge on any atom is -0.486 e. The Morgan fingerprint density at radius 1 is 1.19 bits per heavy atom. The Hall–Kier alpha value is -2.50. The average Bonchev–Trinajstić information content (AvgIpc) is 3.09. The highest BCUT2D eigenvalue weighted by molar-refractivity contribution is 5.90. The number of benzene rings is 1. The molecule has 6 heteroatoms. The van der Waals surface area contributed by atoms with E-state index in [1.807, 2.05) is 30.5 Å². The van der Waals surface area contributed by atoms with Gasteiger partial charge in [0.05, 0.1) is 18.4 Å². The van der Waals surface area contributed by atoms with Gasteiger partial charge in [-0.05, 0) is 30.9 Å². The fraction of sp³-hybridized carbons (Fsp3) is 0.500. The number of hydrogen-bond acceptors (Lipinski definition) is 4. The summed E-state index contributed by atoms with van der Waals surface area (Å²) in [6, 6.07) is 7.66. The van der Waals surface area contributed by atoms with Crippen LogP contribution in [-0.4, -0.2) is 28.4 Å². The molecule has 0 bridgehead atoms. The Morgan fingerprint density at radius 2 is 2.00 bits per heavy atom. The third-order valence-electron chi connectivity index (χ3n) is 5.07. The van der Waals surface area contributed by atoms with Gasteiger partial charge in [-0.25, -0.2) is 0 Å². The summed E-state index contributed by atoms with van der Waals surface area (Å²) < 4.78 is 13.5. The number of hydrogen-bond donors (Lipinski definition) is 1. The summed E-state index contributed by atoms with van der Waals surface area (Å²) in [6.07, 6.45) is 10.2. The van der Waals surface area contributed by atoms with Crippen LogP contribution in [-0.2, 0) is 11.3 Å². The van der Waals surface area contributed by atoms with Gasteiger partial charge in [-0.2, -0.15) is 5.10 Å². The first-order valence-corrected chi connectivity index (χ1v) is 9.47. The van der Waals surface area contributed by atoms with Gasteiger partial charge in [0.15, 0.2) is 17.6 Å². The summed E-state index contributed by atoms with van der Waals surface area (Å²) >= 11 is 0. The third kappa shape index (κ3) is 4.18. The van der Waals surface area contributed by atoms with Crippen molar-refractivity contribution in [1.29, 1.82) is 0 Å². The summed E-state index contributed by atoms with van der Waals surface area (Å²) in [6.45, 7) is 1.06. The predicted molar refractivity (Wildman–Crippen MR) is 98.4 cm³/mol. The molecule has 4 rings (SSSR count). The molecule has 1 aromatic heterocycles. The largest absolute Gasteiger partial charge is 0.486 e. The van der Waals surface area contributed by atoms with Crippen molar-refractivity contribution in [2.75, 3.05) is 11.9 Å². The lowest BCUT2D eigenvalue weighted by Crippen LogP contribution is -2.33. The van der Waals surface area contributed by atoms with Crippen LogP contribution in [0.25, 0.3) is 0 Å². The maximum absolute atomic E-state index is 12.2. The van der Waals surface area contributed by atoms with E-state index >= 15 is 0 Å². The number of anilines is 1. The highest BCUT2D eigenvalue weighted by Crippen LogP contribution is 2.31. The number of carbonyl (C=O) groups excluding carboxylic acids is 1. The zero-order valence-electron chi connectivity index (χ0n) is 14.9. The predicted octanol–water partition coefficient (Wildman–Crippen LogP) is 3.63. The molecule has 1 amide bonds. The fourth-order valence-corrected chi connectivity index (χ4v) is 3.76. The van der Waals surface area contributed by atoms with E-state index in [4.69, 9.17) is 9.47 Å². The number of ether oxygens (including phenoxy) is 2. The molecule has 1 fully saturated rings. The van der Waals surface area contributed by atoms with Crippen molar-refractivity contribution in [2.24, 2.45) is 5.92 Å². The Kier molecular flexibility index (Phi) is 5.09. The molecule has 6 nitrogen and oxygen atoms in total. The van der Waals surface area contributed by atoms with E-state index in [-0.39, 0.29) is 12.0 Å². The Bertz CT molecular complexity index is 752. The van der Waals surface area contributed by atoms with Crippen LogP contribution in [0.5, 0.6) is 11.5 Å². The van der Waals surface area contributed by atoms with E-state index in [0.717, 1.165) is 17.2 Å². The maximum Gasteiger partial charge on any atom is 0.224 e. The monoisotopic (exact) mass is 355 g/mol. The van der Waals surface area contributed by atoms with Gasteiger partial charge in [0, 0.05) is 12.6 Å². The normalized spacial score (nSPS) is 19.9. The second-order valence-corrected chi connectivity index (χ2v) is 7.20. The van der Waals surface area contributed by atoms with Crippen molar-refractivity contribution in [3.8, 4) is 11.5 Å². The second kappa shape index (κ2) is 7.81. The molecule has 0 radical (unpaired) electrons. The number of nitrogens with zero attached hydrogens (tertiary/aromatic N) is 2. The number of nitrogens with one attached hydrogen (secondary N) is 1. The van der Waals surface area contributed by atoms with Gasteiger partial charge in [0.2, 0.25) is 5.91 Å². The smallest absolute Gasteiger partial charge is 0.224 e. The molecule has 2 aliphatic rings. The Labute approximate surface area is 153 Å². The maximum atomic E-state index is 12.2. The number of rotatable bonds is 5. The number of para-hydroxylation sites is 2. The fourth-order valence-electron chi connectivity index (χ4n) is 3.76. The number of carbonyl (C=O) groups is 1. The standard InChI is InChI=1S/C20H25N3O3/c24-20(10-15-6-2-1-3-7-15)22-16-11-21-23(12-16)13-17-14-25-18-8-4-5-9-19(18)26-17/h4-5,8-9,11-12,15,17H,1-3,6-7,10,13-14H2,(H,22,24). The topological polar surface area (TPSA) is 65.4 Å². The SMILES string of the molecule is O=C(CC1CCCCC1)Nc1cnn(CC2COc3ccccc3O2)c1. The number of amides is 1. The summed E-state index contributed by atoms with van der Waals surface area (Å²) in [4.78, 5) is 12.2. The van der Waals surface area contributed by atoms with Crippen LogP contribution in [0.2, 0.25) is 0 Å². The van der Waals surface area contributed by atoms with Gasteiger partial charge in [0.25, 0.3) is 0 Å². The van der Waals surface area contributed by atoms with Crippen molar-refractivity contribution in [2.45, 2.75) is 51.2 Å². The quantitative estimate of drug-likeness (QED) is 0.889. The van der Waals surface area contributed by atoms with Crippen molar-refractivity contribution in [1.82, 2.24) is 9.78 Å². The first-order chi connectivity index (χ1) is 12.8. The molecule has 0 saturated heterocycles. The summed E-state index contributed by atoms with van der Waals surface area (Å²) in [5.74, 6) is 2.16. The van der Waals surface area contributed by atoms with Crippen LogP contribution in [0.15, 0.2) is 36.7 Å². The van der Waals surface area contributed by atoms with Crippen LogP contribution in [0.3, 0.4) is 0 Å². The van der Waals surface area contributed by atoms with Gasteiger partial charge in [-0.1, -0.05) is 31.4 Å². The van der Waals surface area contributed by atoms with Gasteiger partial charge in [0.1, 0.15) is 6.61 Å². The summed E-state index contributed by atoms with van der Waals surface area (Å²) in [7, 11) is 0. The number of aromatic nitrogens is 2. The van der Waals surface area contributed by atoms with E-state index in [0.29, 0.717) is 25.5 Å². The zero-order chi connectivity index (χ0) is 17.8. The Morgan fingerprint density at radius 3 is 2.85 bits per heavy atom. The van der Waals surface area contributed by atoms with Crippen molar-refractivity contribution in [3.63, 3.8) is 0 Å². The minimum atomic E-state index is -0.101. The molecule has 26 heavy (non-hydrogen) atoms. The average molecular weight is 355 g/mol. The van der Waals surface area contributed by atoms with E-state index in [1.165, 1.54) is 32.1 Å². The molecule has 2 heterocycles. The van der Waals surface area contributed by atoms with Crippen LogP contribution in [0.1, 0.15) is 38.5 Å². The molecule has 1 aliphatic heterocycles. The molecular formula is C20H25N3O3. The van der Waals surface area contributed by atoms with Gasteiger partial charge >= 0.3 is 0 Å². The van der Waals surface area contributed by atoms with Gasteiger partial charge < -0.3 is 14.8 Å². The first-order valence-electron chi connectivity index (χ1n) is 9.47. The van der Waals surface area contributed by atoms with E-state index in [9.17, 15) is 4.79 Å². The van der Waals surface area contributed by atoms with E-state index in [1.54, 1.807) is 10.9 Å². The van der Waals surface area contributed by atoms with Crippen LogP contribution in [0.4, 0.5) is 5.69 Å². The van der Waals surface area contributed by atoms with Crippen molar-refractivity contribution >= 4 is 11.6 Å². The number of fused-ring (bicyclic) bond motifs is 1. The van der Waals surface area contributed by atoms with Crippen molar-refractivity contribution < 1.29 is 14.3 Å². The lowest BCUT2D eigenvalue weighted by molar-refractivity contribution is -0.117. The molecule has 1 unspecified atom stereocenters. The molecule has 1 aromatic carbocycles. The highest BCUT2D eigenvalue weighted by Gasteiger charge is 2.22. The van der Waals surface area contributed by atoms with Crippen LogP contribution < -0.4 is 14.8 Å². The highest BCUT2D eigenvalue weighted by atomic mass is 16.6. The lowest BCUT2D eigenvalue weighted by Gasteiger charge is -2.26. The zero-order valence-corrected chi connectivity index (χ0v) is 14.9. The minimum absolute atomic E-state index is 0.0858. The molecule has 1 N–H and O–H groups in total. The van der Waals surface area contributed by atoms with E-state index in [2.05, 4.69) is 10.4 Å². The van der Waals surface area contributed by atoms with E-state index < -0.39 is 0 Å². The summed E-state index contributed by atoms with van der Waals surface area (Å²) in [5, 5.41) is 7.30. The van der Waals surface area contributed by atoms with Crippen LogP contribution >= 0.6 is 0 Å². The second-order valence-electron chi connectivity index (χ2n) is 7.20. The third-order valence-corrected chi connectivity index (χ3v) is 5.07. The first kappa shape index (κ1) is 16.9. The molecule has 2 aromatic rings.